The number of nitro benzene ring substituents is 1. The van der Waals surface area contributed by atoms with Crippen LogP contribution in [0.3, 0.4) is 0 Å². The topological polar surface area (TPSA) is 125 Å². The van der Waals surface area contributed by atoms with Gasteiger partial charge < -0.3 is 14.8 Å². The minimum absolute atomic E-state index is 0.127. The van der Waals surface area contributed by atoms with Gasteiger partial charge in [-0.2, -0.15) is 0 Å². The third kappa shape index (κ3) is 3.56. The second-order valence-electron chi connectivity index (χ2n) is 2.83. The molecule has 7 nitrogen and oxygen atoms in total. The zero-order valence-electron chi connectivity index (χ0n) is 8.07. The van der Waals surface area contributed by atoms with Gasteiger partial charge in [-0.1, -0.05) is 0 Å². The smallest absolute Gasteiger partial charge is 0.270 e. The summed E-state index contributed by atoms with van der Waals surface area (Å²) in [5.41, 5.74) is 5.33. The summed E-state index contributed by atoms with van der Waals surface area (Å²) in [7, 11) is -2.12. The summed E-state index contributed by atoms with van der Waals surface area (Å²) in [5, 5.41) is 11.2. The van der Waals surface area contributed by atoms with Crippen molar-refractivity contribution in [1.82, 2.24) is 4.98 Å². The summed E-state index contributed by atoms with van der Waals surface area (Å²) in [5.74, 6) is 0. The first-order chi connectivity index (χ1) is 7.50. The van der Waals surface area contributed by atoms with E-state index in [4.69, 9.17) is 9.79 Å². The number of nitrogens with zero attached hydrogens (tertiary/aromatic N) is 1. The van der Waals surface area contributed by atoms with Gasteiger partial charge in [0.2, 0.25) is 8.53 Å². The van der Waals surface area contributed by atoms with E-state index >= 15 is 0 Å². The summed E-state index contributed by atoms with van der Waals surface area (Å²) >= 11 is 0. The van der Waals surface area contributed by atoms with Gasteiger partial charge in [0.25, 0.3) is 5.69 Å². The number of nitrogens with two attached hydrogens (primary N) is 1. The molecule has 8 heteroatoms. The number of benzene rings is 1. The van der Waals surface area contributed by atoms with E-state index in [0.717, 1.165) is 10.9 Å². The van der Waals surface area contributed by atoms with E-state index in [9.17, 15) is 10.1 Å². The Balaban J connectivity index is 0.000000280. The number of rotatable bonds is 1. The van der Waals surface area contributed by atoms with Crippen LogP contribution in [0.15, 0.2) is 30.5 Å². The fourth-order valence-electron chi connectivity index (χ4n) is 1.15. The van der Waals surface area contributed by atoms with Gasteiger partial charge in [-0.25, -0.2) is 0 Å². The van der Waals surface area contributed by atoms with Crippen LogP contribution in [0.2, 0.25) is 0 Å². The van der Waals surface area contributed by atoms with E-state index in [1.54, 1.807) is 18.3 Å². The molecule has 0 spiro atoms. The summed E-state index contributed by atoms with van der Waals surface area (Å²) in [6.45, 7) is 0. The van der Waals surface area contributed by atoms with Gasteiger partial charge in [-0.15, -0.1) is 0 Å². The zero-order chi connectivity index (χ0) is 12.1. The van der Waals surface area contributed by atoms with Gasteiger partial charge in [0.1, 0.15) is 0 Å². The Morgan fingerprint density at radius 1 is 1.38 bits per heavy atom. The number of hydrogen-bond donors (Lipinski definition) is 4. The number of aromatic nitrogens is 1. The van der Waals surface area contributed by atoms with E-state index in [1.165, 1.54) is 6.07 Å². The normalized spacial score (nSPS) is 10.0. The Morgan fingerprint density at radius 2 is 2.00 bits per heavy atom. The van der Waals surface area contributed by atoms with Crippen molar-refractivity contribution in [3.8, 4) is 0 Å². The van der Waals surface area contributed by atoms with Crippen LogP contribution in [-0.4, -0.2) is 19.7 Å². The molecule has 0 radical (unpaired) electrons. The highest BCUT2D eigenvalue weighted by atomic mass is 31.2. The third-order valence-electron chi connectivity index (χ3n) is 1.75. The summed E-state index contributed by atoms with van der Waals surface area (Å²) in [6, 6.07) is 6.54. The maximum Gasteiger partial charge on any atom is 0.270 e. The maximum atomic E-state index is 10.4. The van der Waals surface area contributed by atoms with E-state index in [-0.39, 0.29) is 5.69 Å². The first kappa shape index (κ1) is 12.5. The van der Waals surface area contributed by atoms with E-state index in [2.05, 4.69) is 10.5 Å². The Bertz CT molecular complexity index is 482. The second-order valence-corrected chi connectivity index (χ2v) is 3.47. The van der Waals surface area contributed by atoms with Gasteiger partial charge in [0.15, 0.2) is 0 Å². The van der Waals surface area contributed by atoms with Crippen molar-refractivity contribution in [3.05, 3.63) is 40.6 Å². The molecular formula is C8H10N3O4P. The molecule has 0 saturated heterocycles. The standard InChI is InChI=1S/C8H6N2O2.H4NO2P/c11-10(12)7-1-2-8-6(5-7)3-4-9-8;1-4(2)3/h1-5,9H;2-3H,1H2. The number of non-ortho nitro benzene ring substituents is 1. The van der Waals surface area contributed by atoms with E-state index in [1.807, 2.05) is 6.07 Å². The van der Waals surface area contributed by atoms with E-state index < -0.39 is 13.4 Å². The summed E-state index contributed by atoms with van der Waals surface area (Å²) in [6.07, 6.45) is 1.76. The van der Waals surface area contributed by atoms with Gasteiger partial charge in [-0.05, 0) is 12.1 Å². The predicted octanol–water partition coefficient (Wildman–Crippen LogP) is 1.23. The number of fused-ring (bicyclic) bond motifs is 1. The Hall–Kier alpha value is -1.53. The van der Waals surface area contributed by atoms with Crippen molar-refractivity contribution in [2.45, 2.75) is 0 Å². The predicted molar refractivity (Wildman–Crippen MR) is 60.5 cm³/mol. The van der Waals surface area contributed by atoms with Gasteiger partial charge in [-0.3, -0.25) is 15.6 Å². The molecule has 0 amide bonds. The van der Waals surface area contributed by atoms with Crippen molar-refractivity contribution in [1.29, 1.82) is 0 Å². The van der Waals surface area contributed by atoms with Crippen LogP contribution in [0, 0.1) is 10.1 Å². The average molecular weight is 243 g/mol. The molecule has 1 aromatic heterocycles. The number of nitrogens with one attached hydrogen (secondary N) is 1. The SMILES string of the molecule is NP(O)O.O=[N+]([O-])c1ccc2[nH]ccc2c1. The van der Waals surface area contributed by atoms with Crippen LogP contribution in [0.5, 0.6) is 0 Å². The highest BCUT2D eigenvalue weighted by Gasteiger charge is 2.05. The zero-order valence-corrected chi connectivity index (χ0v) is 8.96. The minimum Gasteiger partial charge on any atom is -0.361 e. The summed E-state index contributed by atoms with van der Waals surface area (Å²) < 4.78 is 0. The van der Waals surface area contributed by atoms with Crippen LogP contribution in [0.25, 0.3) is 10.9 Å². The van der Waals surface area contributed by atoms with Crippen molar-refractivity contribution >= 4 is 25.1 Å². The van der Waals surface area contributed by atoms with Crippen molar-refractivity contribution in [2.24, 2.45) is 5.50 Å². The molecule has 2 aromatic rings. The molecule has 1 aromatic carbocycles. The lowest BCUT2D eigenvalue weighted by molar-refractivity contribution is -0.384. The molecule has 0 unspecified atom stereocenters. The van der Waals surface area contributed by atoms with Crippen molar-refractivity contribution < 1.29 is 14.7 Å². The molecule has 86 valence electrons. The molecule has 5 N–H and O–H groups in total. The first-order valence-corrected chi connectivity index (χ1v) is 5.46. The largest absolute Gasteiger partial charge is 0.361 e. The monoisotopic (exact) mass is 243 g/mol. The second kappa shape index (κ2) is 5.53. The molecule has 0 aliphatic heterocycles. The van der Waals surface area contributed by atoms with Crippen LogP contribution in [0.1, 0.15) is 0 Å². The lowest BCUT2D eigenvalue weighted by Gasteiger charge is -1.90. The number of H-pyrrole nitrogens is 1. The summed E-state index contributed by atoms with van der Waals surface area (Å²) in [4.78, 5) is 27.8. The van der Waals surface area contributed by atoms with Crippen LogP contribution < -0.4 is 5.50 Å². The Labute approximate surface area is 91.6 Å². The molecule has 0 atom stereocenters. The quantitative estimate of drug-likeness (QED) is 0.340. The van der Waals surface area contributed by atoms with E-state index in [0.29, 0.717) is 0 Å². The fourth-order valence-corrected chi connectivity index (χ4v) is 1.15. The number of hydrogen-bond acceptors (Lipinski definition) is 5. The van der Waals surface area contributed by atoms with Crippen LogP contribution in [-0.2, 0) is 0 Å². The molecule has 0 fully saturated rings. The molecule has 0 saturated carbocycles. The molecule has 0 aliphatic carbocycles. The Kier molecular flexibility index (Phi) is 4.33. The fraction of sp³-hybridized carbons (Fsp3) is 0. The Morgan fingerprint density at radius 3 is 2.56 bits per heavy atom. The van der Waals surface area contributed by atoms with Crippen molar-refractivity contribution in [3.63, 3.8) is 0 Å². The van der Waals surface area contributed by atoms with Gasteiger partial charge in [0, 0.05) is 29.2 Å². The lowest BCUT2D eigenvalue weighted by atomic mass is 10.2. The molecule has 2 rings (SSSR count). The van der Waals surface area contributed by atoms with Crippen LogP contribution >= 0.6 is 8.53 Å². The molecule has 0 bridgehead atoms. The average Bonchev–Trinajstić information content (AvgIpc) is 2.62. The van der Waals surface area contributed by atoms with Crippen molar-refractivity contribution in [2.75, 3.05) is 0 Å². The molecular weight excluding hydrogens is 233 g/mol. The third-order valence-corrected chi connectivity index (χ3v) is 1.75. The lowest BCUT2D eigenvalue weighted by Crippen LogP contribution is -1.86. The van der Waals surface area contributed by atoms with Gasteiger partial charge in [0.05, 0.1) is 4.92 Å². The molecule has 1 heterocycles. The maximum absolute atomic E-state index is 10.4. The number of nitro groups is 1. The first-order valence-electron chi connectivity index (χ1n) is 4.15. The molecule has 0 aliphatic rings. The van der Waals surface area contributed by atoms with Gasteiger partial charge >= 0.3 is 0 Å². The number of aromatic amines is 1. The van der Waals surface area contributed by atoms with Crippen LogP contribution in [0.4, 0.5) is 5.69 Å². The highest BCUT2D eigenvalue weighted by Crippen LogP contribution is 2.18. The minimum atomic E-state index is -2.12. The highest BCUT2D eigenvalue weighted by molar-refractivity contribution is 7.42. The molecule has 16 heavy (non-hydrogen) atoms.